The first-order chi connectivity index (χ1) is 20.9. The Labute approximate surface area is 252 Å². The van der Waals surface area contributed by atoms with Crippen LogP contribution in [-0.2, 0) is 16.1 Å². The Kier molecular flexibility index (Phi) is 8.64. The summed E-state index contributed by atoms with van der Waals surface area (Å²) in [5, 5.41) is 5.75. The van der Waals surface area contributed by atoms with Gasteiger partial charge in [0.2, 0.25) is 11.8 Å². The van der Waals surface area contributed by atoms with E-state index in [1.807, 2.05) is 24.3 Å². The molecule has 4 N–H and O–H groups in total. The van der Waals surface area contributed by atoms with Gasteiger partial charge in [-0.05, 0) is 86.4 Å². The number of anilines is 3. The number of hydrogen-bond donors (Lipinski definition) is 3. The van der Waals surface area contributed by atoms with Gasteiger partial charge in [0.15, 0.2) is 11.5 Å². The van der Waals surface area contributed by atoms with Gasteiger partial charge in [-0.15, -0.1) is 0 Å². The van der Waals surface area contributed by atoms with E-state index in [9.17, 15) is 14.4 Å². The van der Waals surface area contributed by atoms with Crippen molar-refractivity contribution in [1.82, 2.24) is 20.2 Å². The maximum atomic E-state index is 12.3. The number of carbonyl (C=O) groups is 3. The average molecular weight is 582 g/mol. The average Bonchev–Trinajstić information content (AvgIpc) is 3.02. The van der Waals surface area contributed by atoms with Crippen LogP contribution in [0.3, 0.4) is 0 Å². The number of primary amides is 1. The van der Waals surface area contributed by atoms with E-state index in [-0.39, 0.29) is 23.4 Å². The van der Waals surface area contributed by atoms with Crippen LogP contribution in [0.4, 0.5) is 17.3 Å². The van der Waals surface area contributed by atoms with Crippen molar-refractivity contribution in [2.45, 2.75) is 63.3 Å². The number of amides is 3. The Morgan fingerprint density at radius 2 is 1.72 bits per heavy atom. The van der Waals surface area contributed by atoms with Gasteiger partial charge in [0.25, 0.3) is 5.91 Å². The van der Waals surface area contributed by atoms with E-state index in [1.54, 1.807) is 6.20 Å². The molecule has 3 aliphatic heterocycles. The maximum Gasteiger partial charge on any atom is 0.271 e. The normalized spacial score (nSPS) is 20.1. The lowest BCUT2D eigenvalue weighted by atomic mass is 9.88. The predicted molar refractivity (Wildman–Crippen MR) is 165 cm³/mol. The van der Waals surface area contributed by atoms with Crippen molar-refractivity contribution in [3.05, 3.63) is 77.1 Å². The van der Waals surface area contributed by atoms with Crippen LogP contribution in [0.5, 0.6) is 0 Å². The molecule has 1 unspecified atom stereocenters. The summed E-state index contributed by atoms with van der Waals surface area (Å²) >= 11 is 0. The van der Waals surface area contributed by atoms with Gasteiger partial charge < -0.3 is 16.0 Å². The molecule has 0 saturated carbocycles. The SMILES string of the molecule is NC(=O)c1ncc(N2CCCCC2)nc1Nc1ccc(C2CCN(Cc3cccc(C4CCC(=O)NC4=O)c3)CC2)cc1. The van der Waals surface area contributed by atoms with E-state index in [2.05, 4.69) is 49.7 Å². The van der Waals surface area contributed by atoms with Crippen LogP contribution in [0.15, 0.2) is 54.7 Å². The molecule has 10 heteroatoms. The number of piperidine rings is 3. The number of nitrogens with one attached hydrogen (secondary N) is 2. The van der Waals surface area contributed by atoms with Gasteiger partial charge >= 0.3 is 0 Å². The van der Waals surface area contributed by atoms with Gasteiger partial charge in [-0.1, -0.05) is 36.4 Å². The largest absolute Gasteiger partial charge is 0.364 e. The summed E-state index contributed by atoms with van der Waals surface area (Å²) in [4.78, 5) is 49.6. The minimum atomic E-state index is -0.605. The van der Waals surface area contributed by atoms with Gasteiger partial charge in [0, 0.05) is 31.7 Å². The molecule has 43 heavy (non-hydrogen) atoms. The minimum Gasteiger partial charge on any atom is -0.364 e. The van der Waals surface area contributed by atoms with Crippen LogP contribution in [-0.4, -0.2) is 58.8 Å². The molecule has 3 saturated heterocycles. The second-order valence-corrected chi connectivity index (χ2v) is 11.9. The molecule has 3 aliphatic rings. The number of aromatic nitrogens is 2. The Bertz CT molecular complexity index is 1480. The molecule has 6 rings (SSSR count). The molecular weight excluding hydrogens is 542 g/mol. The summed E-state index contributed by atoms with van der Waals surface area (Å²) in [6.07, 6.45) is 8.20. The number of benzene rings is 2. The summed E-state index contributed by atoms with van der Waals surface area (Å²) in [6, 6.07) is 16.6. The van der Waals surface area contributed by atoms with E-state index < -0.39 is 5.91 Å². The Balaban J connectivity index is 1.05. The van der Waals surface area contributed by atoms with Crippen molar-refractivity contribution >= 4 is 35.0 Å². The lowest BCUT2D eigenvalue weighted by molar-refractivity contribution is -0.134. The summed E-state index contributed by atoms with van der Waals surface area (Å²) < 4.78 is 0. The fourth-order valence-electron chi connectivity index (χ4n) is 6.50. The van der Waals surface area contributed by atoms with Gasteiger partial charge in [-0.3, -0.25) is 24.6 Å². The topological polar surface area (TPSA) is 134 Å². The molecule has 1 aromatic heterocycles. The van der Waals surface area contributed by atoms with Gasteiger partial charge in [0.1, 0.15) is 5.82 Å². The molecule has 2 aromatic carbocycles. The Morgan fingerprint density at radius 1 is 0.953 bits per heavy atom. The number of rotatable bonds is 8. The van der Waals surface area contributed by atoms with Crippen LogP contribution in [0, 0.1) is 0 Å². The molecule has 3 aromatic rings. The predicted octanol–water partition coefficient (Wildman–Crippen LogP) is 4.21. The number of nitrogens with zero attached hydrogens (tertiary/aromatic N) is 4. The van der Waals surface area contributed by atoms with Crippen molar-refractivity contribution in [2.24, 2.45) is 5.73 Å². The Hall–Kier alpha value is -4.31. The monoisotopic (exact) mass is 581 g/mol. The molecule has 3 fully saturated rings. The summed E-state index contributed by atoms with van der Waals surface area (Å²) in [6.45, 7) is 4.71. The van der Waals surface area contributed by atoms with Crippen molar-refractivity contribution < 1.29 is 14.4 Å². The van der Waals surface area contributed by atoms with Gasteiger partial charge in [-0.25, -0.2) is 9.97 Å². The van der Waals surface area contributed by atoms with Crippen molar-refractivity contribution in [3.8, 4) is 0 Å². The van der Waals surface area contributed by atoms with Crippen LogP contribution in [0.1, 0.15) is 84.0 Å². The number of hydrogen-bond acceptors (Lipinski definition) is 8. The molecule has 0 radical (unpaired) electrons. The second kappa shape index (κ2) is 12.9. The highest BCUT2D eigenvalue weighted by Gasteiger charge is 2.28. The molecule has 3 amide bonds. The third kappa shape index (κ3) is 6.85. The van der Waals surface area contributed by atoms with E-state index in [0.717, 1.165) is 75.5 Å². The third-order valence-corrected chi connectivity index (χ3v) is 8.90. The molecular formula is C33H39N7O3. The zero-order chi connectivity index (χ0) is 29.8. The van der Waals surface area contributed by atoms with Crippen molar-refractivity contribution in [3.63, 3.8) is 0 Å². The number of carbonyl (C=O) groups excluding carboxylic acids is 3. The molecule has 10 nitrogen and oxygen atoms in total. The third-order valence-electron chi connectivity index (χ3n) is 8.90. The molecule has 0 spiro atoms. The first-order valence-corrected chi connectivity index (χ1v) is 15.4. The fraction of sp³-hybridized carbons (Fsp3) is 0.424. The number of nitrogens with two attached hydrogens (primary N) is 1. The van der Waals surface area contributed by atoms with Gasteiger partial charge in [-0.2, -0.15) is 0 Å². The minimum absolute atomic E-state index is 0.139. The molecule has 0 aliphatic carbocycles. The lowest BCUT2D eigenvalue weighted by Crippen LogP contribution is -2.39. The molecule has 4 heterocycles. The van der Waals surface area contributed by atoms with Crippen LogP contribution < -0.4 is 21.3 Å². The fourth-order valence-corrected chi connectivity index (χ4v) is 6.50. The maximum absolute atomic E-state index is 12.3. The van der Waals surface area contributed by atoms with E-state index in [1.165, 1.54) is 17.5 Å². The van der Waals surface area contributed by atoms with Gasteiger partial charge in [0.05, 0.1) is 12.1 Å². The quantitative estimate of drug-likeness (QED) is 0.337. The first kappa shape index (κ1) is 28.8. The lowest BCUT2D eigenvalue weighted by Gasteiger charge is -2.32. The molecule has 1 atom stereocenters. The van der Waals surface area contributed by atoms with Crippen LogP contribution in [0.25, 0.3) is 0 Å². The zero-order valence-electron chi connectivity index (χ0n) is 24.4. The summed E-state index contributed by atoms with van der Waals surface area (Å²) in [7, 11) is 0. The first-order valence-electron chi connectivity index (χ1n) is 15.4. The van der Waals surface area contributed by atoms with E-state index in [4.69, 9.17) is 10.7 Å². The highest BCUT2D eigenvalue weighted by Crippen LogP contribution is 2.31. The number of imide groups is 1. The second-order valence-electron chi connectivity index (χ2n) is 11.9. The standard InChI is InChI=1S/C33H39N7O3/c34-31(42)30-32(37-28(20-35-30)40-15-2-1-3-16-40)36-26-9-7-23(8-10-26)24-13-17-39(18-14-24)21-22-5-4-6-25(19-22)27-11-12-29(41)38-33(27)43/h4-10,19-20,24,27H,1-3,11-18,21H2,(H2,34,42)(H,36,37)(H,38,41,43). The van der Waals surface area contributed by atoms with Crippen LogP contribution in [0.2, 0.25) is 0 Å². The Morgan fingerprint density at radius 3 is 2.44 bits per heavy atom. The highest BCUT2D eigenvalue weighted by molar-refractivity contribution is 6.01. The number of likely N-dealkylation sites (tertiary alicyclic amines) is 1. The van der Waals surface area contributed by atoms with E-state index >= 15 is 0 Å². The van der Waals surface area contributed by atoms with Crippen molar-refractivity contribution in [2.75, 3.05) is 36.4 Å². The smallest absolute Gasteiger partial charge is 0.271 e. The summed E-state index contributed by atoms with van der Waals surface area (Å²) in [5.41, 5.74) is 10.1. The van der Waals surface area contributed by atoms with Crippen LogP contribution >= 0.6 is 0 Å². The molecule has 224 valence electrons. The van der Waals surface area contributed by atoms with E-state index in [0.29, 0.717) is 24.6 Å². The molecule has 0 bridgehead atoms. The summed E-state index contributed by atoms with van der Waals surface area (Å²) in [5.74, 6) is 0.388. The highest BCUT2D eigenvalue weighted by atomic mass is 16.2. The van der Waals surface area contributed by atoms with Crippen molar-refractivity contribution in [1.29, 1.82) is 0 Å². The zero-order valence-corrected chi connectivity index (χ0v) is 24.4.